The topological polar surface area (TPSA) is 52.3 Å². The molecule has 15 heavy (non-hydrogen) atoms. The van der Waals surface area contributed by atoms with Gasteiger partial charge in [-0.3, -0.25) is 4.79 Å². The van der Waals surface area contributed by atoms with Crippen LogP contribution >= 0.6 is 0 Å². The average molecular weight is 215 g/mol. The van der Waals surface area contributed by atoms with Crippen LogP contribution in [0.5, 0.6) is 0 Å². The van der Waals surface area contributed by atoms with Crippen LogP contribution in [0, 0.1) is 5.41 Å². The van der Waals surface area contributed by atoms with E-state index < -0.39 is 6.04 Å². The van der Waals surface area contributed by atoms with Crippen molar-refractivity contribution < 1.29 is 9.53 Å². The highest BCUT2D eigenvalue weighted by molar-refractivity contribution is 5.75. The first kappa shape index (κ1) is 14.4. The van der Waals surface area contributed by atoms with Crippen molar-refractivity contribution in [2.24, 2.45) is 11.1 Å². The Morgan fingerprint density at radius 3 is 2.47 bits per heavy atom. The van der Waals surface area contributed by atoms with Crippen molar-refractivity contribution in [1.29, 1.82) is 0 Å². The summed E-state index contributed by atoms with van der Waals surface area (Å²) < 4.78 is 5.11. The van der Waals surface area contributed by atoms with Gasteiger partial charge in [-0.15, -0.1) is 0 Å². The molecule has 0 rings (SSSR count). The molecular formula is C12H25NO2. The molecule has 0 saturated heterocycles. The zero-order valence-corrected chi connectivity index (χ0v) is 10.5. The Kier molecular flexibility index (Phi) is 6.57. The Labute approximate surface area is 93.4 Å². The number of rotatable bonds is 6. The van der Waals surface area contributed by atoms with E-state index in [0.717, 1.165) is 25.7 Å². The standard InChI is InChI=1S/C12H25NO2/c1-5-6-7-10(13)11(14)15-9-8-12(2,3)4/h10H,5-9,13H2,1-4H3/t10-/m0/s1. The zero-order valence-electron chi connectivity index (χ0n) is 10.5. The molecule has 3 nitrogen and oxygen atoms in total. The first-order chi connectivity index (χ1) is 6.87. The fourth-order valence-corrected chi connectivity index (χ4v) is 1.11. The van der Waals surface area contributed by atoms with Gasteiger partial charge in [0.1, 0.15) is 6.04 Å². The predicted octanol–water partition coefficient (Wildman–Crippen LogP) is 2.48. The van der Waals surface area contributed by atoms with E-state index in [4.69, 9.17) is 10.5 Å². The highest BCUT2D eigenvalue weighted by atomic mass is 16.5. The summed E-state index contributed by atoms with van der Waals surface area (Å²) in [6, 6.07) is -0.440. The van der Waals surface area contributed by atoms with Crippen LogP contribution in [0.2, 0.25) is 0 Å². The maximum Gasteiger partial charge on any atom is 0.322 e. The summed E-state index contributed by atoms with van der Waals surface area (Å²) in [6.45, 7) is 8.92. The van der Waals surface area contributed by atoms with Crippen LogP contribution in [-0.4, -0.2) is 18.6 Å². The second-order valence-electron chi connectivity index (χ2n) is 5.23. The molecule has 0 aliphatic heterocycles. The summed E-state index contributed by atoms with van der Waals surface area (Å²) in [6.07, 6.45) is 3.64. The van der Waals surface area contributed by atoms with Gasteiger partial charge in [-0.1, -0.05) is 40.5 Å². The van der Waals surface area contributed by atoms with E-state index >= 15 is 0 Å². The quantitative estimate of drug-likeness (QED) is 0.692. The number of unbranched alkanes of at least 4 members (excludes halogenated alkanes) is 1. The highest BCUT2D eigenvalue weighted by Crippen LogP contribution is 2.18. The number of carbonyl (C=O) groups is 1. The average Bonchev–Trinajstić information content (AvgIpc) is 2.11. The van der Waals surface area contributed by atoms with E-state index in [9.17, 15) is 4.79 Å². The van der Waals surface area contributed by atoms with E-state index in [2.05, 4.69) is 27.7 Å². The molecule has 0 unspecified atom stereocenters. The largest absolute Gasteiger partial charge is 0.465 e. The maximum absolute atomic E-state index is 11.4. The van der Waals surface area contributed by atoms with Gasteiger partial charge in [0.25, 0.3) is 0 Å². The molecule has 0 aromatic rings. The summed E-state index contributed by atoms with van der Waals surface area (Å²) >= 11 is 0. The van der Waals surface area contributed by atoms with Crippen molar-refractivity contribution in [1.82, 2.24) is 0 Å². The number of hydrogen-bond donors (Lipinski definition) is 1. The number of carbonyl (C=O) groups excluding carboxylic acids is 1. The van der Waals surface area contributed by atoms with Crippen LogP contribution in [-0.2, 0) is 9.53 Å². The summed E-state index contributed by atoms with van der Waals surface area (Å²) in [5, 5.41) is 0. The SMILES string of the molecule is CCCC[C@H](N)C(=O)OCCC(C)(C)C. The molecule has 0 radical (unpaired) electrons. The minimum absolute atomic E-state index is 0.202. The second-order valence-corrected chi connectivity index (χ2v) is 5.23. The molecule has 0 amide bonds. The van der Waals surface area contributed by atoms with E-state index in [0.29, 0.717) is 6.61 Å². The van der Waals surface area contributed by atoms with Crippen LogP contribution in [0.25, 0.3) is 0 Å². The number of ether oxygens (including phenoxy) is 1. The lowest BCUT2D eigenvalue weighted by atomic mass is 9.93. The van der Waals surface area contributed by atoms with E-state index in [1.165, 1.54) is 0 Å². The van der Waals surface area contributed by atoms with Crippen molar-refractivity contribution in [3.8, 4) is 0 Å². The predicted molar refractivity (Wildman–Crippen MR) is 62.5 cm³/mol. The van der Waals surface area contributed by atoms with Gasteiger partial charge in [0, 0.05) is 0 Å². The van der Waals surface area contributed by atoms with Gasteiger partial charge in [0.2, 0.25) is 0 Å². The number of hydrogen-bond acceptors (Lipinski definition) is 3. The summed E-state index contributed by atoms with van der Waals surface area (Å²) in [4.78, 5) is 11.4. The van der Waals surface area contributed by atoms with Gasteiger partial charge in [-0.05, 0) is 18.3 Å². The molecule has 0 aromatic heterocycles. The smallest absolute Gasteiger partial charge is 0.322 e. The molecule has 0 spiro atoms. The molecule has 3 heteroatoms. The van der Waals surface area contributed by atoms with Gasteiger partial charge in [0.05, 0.1) is 6.61 Å². The number of nitrogens with two attached hydrogens (primary N) is 1. The monoisotopic (exact) mass is 215 g/mol. The molecule has 1 atom stereocenters. The van der Waals surface area contributed by atoms with Gasteiger partial charge in [0.15, 0.2) is 0 Å². The van der Waals surface area contributed by atoms with Gasteiger partial charge >= 0.3 is 5.97 Å². The molecule has 0 saturated carbocycles. The molecule has 0 bridgehead atoms. The Balaban J connectivity index is 3.64. The first-order valence-corrected chi connectivity index (χ1v) is 5.79. The lowest BCUT2D eigenvalue weighted by Crippen LogP contribution is -2.32. The summed E-state index contributed by atoms with van der Waals surface area (Å²) in [5.41, 5.74) is 5.88. The first-order valence-electron chi connectivity index (χ1n) is 5.79. The lowest BCUT2D eigenvalue weighted by Gasteiger charge is -2.18. The van der Waals surface area contributed by atoms with Crippen LogP contribution < -0.4 is 5.73 Å². The van der Waals surface area contributed by atoms with Gasteiger partial charge in [-0.25, -0.2) is 0 Å². The fraction of sp³-hybridized carbons (Fsp3) is 0.917. The van der Waals surface area contributed by atoms with E-state index in [1.54, 1.807) is 0 Å². The highest BCUT2D eigenvalue weighted by Gasteiger charge is 2.16. The van der Waals surface area contributed by atoms with Crippen molar-refractivity contribution in [3.63, 3.8) is 0 Å². The minimum Gasteiger partial charge on any atom is -0.465 e. The van der Waals surface area contributed by atoms with Crippen LogP contribution in [0.4, 0.5) is 0 Å². The zero-order chi connectivity index (χ0) is 11.9. The molecule has 0 heterocycles. The van der Waals surface area contributed by atoms with E-state index in [1.807, 2.05) is 0 Å². The van der Waals surface area contributed by atoms with Gasteiger partial charge < -0.3 is 10.5 Å². The third-order valence-corrected chi connectivity index (χ3v) is 2.27. The van der Waals surface area contributed by atoms with Crippen LogP contribution in [0.3, 0.4) is 0 Å². The van der Waals surface area contributed by atoms with Crippen molar-refractivity contribution in [2.45, 2.75) is 59.4 Å². The maximum atomic E-state index is 11.4. The van der Waals surface area contributed by atoms with Gasteiger partial charge in [-0.2, -0.15) is 0 Å². The van der Waals surface area contributed by atoms with Crippen LogP contribution in [0.1, 0.15) is 53.4 Å². The molecule has 2 N–H and O–H groups in total. The molecular weight excluding hydrogens is 190 g/mol. The van der Waals surface area contributed by atoms with Crippen LogP contribution in [0.15, 0.2) is 0 Å². The molecule has 0 fully saturated rings. The Hall–Kier alpha value is -0.570. The molecule has 90 valence electrons. The lowest BCUT2D eigenvalue weighted by molar-refractivity contribution is -0.146. The Morgan fingerprint density at radius 1 is 1.40 bits per heavy atom. The Morgan fingerprint density at radius 2 is 2.00 bits per heavy atom. The Bertz CT molecular complexity index is 185. The fourth-order valence-electron chi connectivity index (χ4n) is 1.11. The van der Waals surface area contributed by atoms with Crippen molar-refractivity contribution in [3.05, 3.63) is 0 Å². The normalized spacial score (nSPS) is 13.7. The van der Waals surface area contributed by atoms with E-state index in [-0.39, 0.29) is 11.4 Å². The van der Waals surface area contributed by atoms with Crippen molar-refractivity contribution >= 4 is 5.97 Å². The summed E-state index contributed by atoms with van der Waals surface area (Å²) in [7, 11) is 0. The number of esters is 1. The minimum atomic E-state index is -0.440. The van der Waals surface area contributed by atoms with Crippen molar-refractivity contribution in [2.75, 3.05) is 6.61 Å². The second kappa shape index (κ2) is 6.83. The molecule has 0 aliphatic carbocycles. The summed E-state index contributed by atoms with van der Waals surface area (Å²) in [5.74, 6) is -0.257. The third kappa shape index (κ3) is 8.43. The molecule has 0 aromatic carbocycles. The molecule has 0 aliphatic rings. The third-order valence-electron chi connectivity index (χ3n) is 2.27.